The molecule has 1 aliphatic heterocycles. The van der Waals surface area contributed by atoms with Crippen LogP contribution in [-0.4, -0.2) is 40.0 Å². The van der Waals surface area contributed by atoms with E-state index in [9.17, 15) is 24.2 Å². The summed E-state index contributed by atoms with van der Waals surface area (Å²) in [6.07, 6.45) is 0. The van der Waals surface area contributed by atoms with Gasteiger partial charge in [0.1, 0.15) is 11.6 Å². The van der Waals surface area contributed by atoms with Gasteiger partial charge in [-0.2, -0.15) is 0 Å². The molecule has 3 rings (SSSR count). The van der Waals surface area contributed by atoms with Crippen LogP contribution in [0.3, 0.4) is 0 Å². The van der Waals surface area contributed by atoms with Crippen molar-refractivity contribution in [3.8, 4) is 0 Å². The summed E-state index contributed by atoms with van der Waals surface area (Å²) in [6.45, 7) is -0.457. The summed E-state index contributed by atoms with van der Waals surface area (Å²) in [5, 5.41) is 19.9. The van der Waals surface area contributed by atoms with Crippen LogP contribution in [0.1, 0.15) is 17.2 Å². The van der Waals surface area contributed by atoms with E-state index in [1.165, 1.54) is 18.2 Å². The minimum absolute atomic E-state index is 0.0999. The van der Waals surface area contributed by atoms with Gasteiger partial charge in [0, 0.05) is 12.1 Å². The molecule has 1 heterocycles. The van der Waals surface area contributed by atoms with Gasteiger partial charge >= 0.3 is 0 Å². The lowest BCUT2D eigenvalue weighted by Gasteiger charge is -2.24. The molecule has 0 aliphatic carbocycles. The van der Waals surface area contributed by atoms with Crippen molar-refractivity contribution in [3.63, 3.8) is 0 Å². The fourth-order valence-electron chi connectivity index (χ4n) is 2.99. The van der Waals surface area contributed by atoms with Crippen LogP contribution in [0.25, 0.3) is 5.76 Å². The first-order valence-electron chi connectivity index (χ1n) is 7.74. The second-order valence-corrected chi connectivity index (χ2v) is 5.64. The van der Waals surface area contributed by atoms with E-state index in [4.69, 9.17) is 0 Å². The fraction of sp³-hybridized carbons (Fsp3) is 0.158. The number of nitrogens with zero attached hydrogens (tertiary/aromatic N) is 1. The maximum atomic E-state index is 13.7. The van der Waals surface area contributed by atoms with Gasteiger partial charge in [0.2, 0.25) is 0 Å². The number of halogens is 1. The maximum Gasteiger partial charge on any atom is 0.295 e. The zero-order chi connectivity index (χ0) is 18.0. The number of carbonyl (C=O) groups excluding carboxylic acids is 2. The van der Waals surface area contributed by atoms with Crippen molar-refractivity contribution < 1.29 is 24.2 Å². The number of carbonyl (C=O) groups is 2. The summed E-state index contributed by atoms with van der Waals surface area (Å²) in [5.41, 5.74) is 0.617. The lowest BCUT2D eigenvalue weighted by atomic mass is 9.95. The Kier molecular flexibility index (Phi) is 4.63. The Morgan fingerprint density at radius 2 is 1.80 bits per heavy atom. The summed E-state index contributed by atoms with van der Waals surface area (Å²) in [4.78, 5) is 26.0. The van der Waals surface area contributed by atoms with Gasteiger partial charge in [-0.3, -0.25) is 9.59 Å². The van der Waals surface area contributed by atoms with Crippen molar-refractivity contribution in [2.45, 2.75) is 6.04 Å². The van der Waals surface area contributed by atoms with E-state index < -0.39 is 23.5 Å². The van der Waals surface area contributed by atoms with Crippen LogP contribution in [0.5, 0.6) is 0 Å². The van der Waals surface area contributed by atoms with Gasteiger partial charge in [-0.25, -0.2) is 4.39 Å². The number of ketones is 1. The molecule has 2 aromatic carbocycles. The fourth-order valence-corrected chi connectivity index (χ4v) is 2.99. The topological polar surface area (TPSA) is 77.8 Å². The molecular weight excluding hydrogens is 325 g/mol. The van der Waals surface area contributed by atoms with E-state index in [0.29, 0.717) is 11.1 Å². The predicted molar refractivity (Wildman–Crippen MR) is 88.9 cm³/mol. The highest BCUT2D eigenvalue weighted by molar-refractivity contribution is 6.46. The van der Waals surface area contributed by atoms with E-state index >= 15 is 0 Å². The van der Waals surface area contributed by atoms with Gasteiger partial charge in [0.05, 0.1) is 18.2 Å². The molecule has 1 fully saturated rings. The number of benzene rings is 2. The third-order valence-electron chi connectivity index (χ3n) is 4.09. The molecule has 128 valence electrons. The molecule has 0 saturated carbocycles. The summed E-state index contributed by atoms with van der Waals surface area (Å²) in [7, 11) is 0. The van der Waals surface area contributed by atoms with E-state index in [1.807, 2.05) is 0 Å². The molecular formula is C19H16FNO4. The number of rotatable bonds is 4. The molecule has 1 aliphatic rings. The van der Waals surface area contributed by atoms with E-state index in [0.717, 1.165) is 4.90 Å². The second kappa shape index (κ2) is 6.86. The molecule has 25 heavy (non-hydrogen) atoms. The van der Waals surface area contributed by atoms with Crippen LogP contribution in [0, 0.1) is 5.82 Å². The third kappa shape index (κ3) is 3.04. The number of likely N-dealkylation sites (tertiary alicyclic amines) is 1. The molecule has 5 nitrogen and oxygen atoms in total. The highest BCUT2D eigenvalue weighted by Crippen LogP contribution is 2.39. The number of hydrogen-bond donors (Lipinski definition) is 2. The zero-order valence-corrected chi connectivity index (χ0v) is 13.2. The van der Waals surface area contributed by atoms with E-state index in [2.05, 4.69) is 0 Å². The SMILES string of the molecule is O=C1C(=O)N(CCO)C(c2cccc(F)c2)/C1=C(\O)c1ccccc1. The molecule has 0 radical (unpaired) electrons. The predicted octanol–water partition coefficient (Wildman–Crippen LogP) is 2.24. The van der Waals surface area contributed by atoms with Gasteiger partial charge in [0.25, 0.3) is 11.7 Å². The van der Waals surface area contributed by atoms with Crippen molar-refractivity contribution >= 4 is 17.4 Å². The van der Waals surface area contributed by atoms with Crippen LogP contribution in [0.2, 0.25) is 0 Å². The van der Waals surface area contributed by atoms with Crippen LogP contribution >= 0.6 is 0 Å². The first kappa shape index (κ1) is 16.9. The number of hydrogen-bond acceptors (Lipinski definition) is 4. The Labute approximate surface area is 143 Å². The van der Waals surface area contributed by atoms with Crippen molar-refractivity contribution in [2.75, 3.05) is 13.2 Å². The van der Waals surface area contributed by atoms with Gasteiger partial charge in [-0.05, 0) is 17.7 Å². The third-order valence-corrected chi connectivity index (χ3v) is 4.09. The Bertz CT molecular complexity index is 848. The molecule has 1 atom stereocenters. The Morgan fingerprint density at radius 3 is 2.44 bits per heavy atom. The van der Waals surface area contributed by atoms with Gasteiger partial charge in [-0.15, -0.1) is 0 Å². The smallest absolute Gasteiger partial charge is 0.295 e. The number of β-amino-alcohol motifs (C(OH)–C–C–N with tert-alkyl or cyclic N) is 1. The lowest BCUT2D eigenvalue weighted by molar-refractivity contribution is -0.140. The highest BCUT2D eigenvalue weighted by Gasteiger charge is 2.45. The number of aliphatic hydroxyl groups is 2. The second-order valence-electron chi connectivity index (χ2n) is 5.64. The minimum atomic E-state index is -0.956. The Hall–Kier alpha value is -2.99. The Balaban J connectivity index is 2.20. The molecule has 1 saturated heterocycles. The van der Waals surface area contributed by atoms with Crippen LogP contribution in [-0.2, 0) is 9.59 Å². The summed E-state index contributed by atoms with van der Waals surface area (Å²) in [5.74, 6) is -2.54. The van der Waals surface area contributed by atoms with Crippen molar-refractivity contribution in [2.24, 2.45) is 0 Å². The molecule has 1 unspecified atom stereocenters. The molecule has 2 N–H and O–H groups in total. The lowest BCUT2D eigenvalue weighted by Crippen LogP contribution is -2.32. The standard InChI is InChI=1S/C19H16FNO4/c20-14-8-4-7-13(11-14)16-15(17(23)12-5-2-1-3-6-12)18(24)19(25)21(16)9-10-22/h1-8,11,16,22-23H,9-10H2/b17-15+. The van der Waals surface area contributed by atoms with Crippen LogP contribution in [0.15, 0.2) is 60.2 Å². The largest absolute Gasteiger partial charge is 0.507 e. The van der Waals surface area contributed by atoms with E-state index in [1.54, 1.807) is 36.4 Å². The van der Waals surface area contributed by atoms with Gasteiger partial charge in [0.15, 0.2) is 0 Å². The molecule has 1 amide bonds. The molecule has 0 spiro atoms. The van der Waals surface area contributed by atoms with Crippen LogP contribution in [0.4, 0.5) is 4.39 Å². The first-order chi connectivity index (χ1) is 12.0. The quantitative estimate of drug-likeness (QED) is 0.508. The number of amides is 1. The zero-order valence-electron chi connectivity index (χ0n) is 13.2. The number of aliphatic hydroxyl groups excluding tert-OH is 2. The highest BCUT2D eigenvalue weighted by atomic mass is 19.1. The average Bonchev–Trinajstić information content (AvgIpc) is 2.87. The number of Topliss-reactive ketones (excluding diaryl/α,β-unsaturated/α-hetero) is 1. The summed E-state index contributed by atoms with van der Waals surface area (Å²) in [6, 6.07) is 12.9. The normalized spacial score (nSPS) is 19.4. The monoisotopic (exact) mass is 341 g/mol. The van der Waals surface area contributed by atoms with Gasteiger partial charge < -0.3 is 15.1 Å². The minimum Gasteiger partial charge on any atom is -0.507 e. The Morgan fingerprint density at radius 1 is 1.08 bits per heavy atom. The van der Waals surface area contributed by atoms with Crippen molar-refractivity contribution in [3.05, 3.63) is 77.1 Å². The summed E-state index contributed by atoms with van der Waals surface area (Å²) >= 11 is 0. The van der Waals surface area contributed by atoms with Crippen molar-refractivity contribution in [1.82, 2.24) is 4.90 Å². The average molecular weight is 341 g/mol. The van der Waals surface area contributed by atoms with E-state index in [-0.39, 0.29) is 24.5 Å². The molecule has 2 aromatic rings. The molecule has 6 heteroatoms. The van der Waals surface area contributed by atoms with Gasteiger partial charge in [-0.1, -0.05) is 42.5 Å². The first-order valence-corrected chi connectivity index (χ1v) is 7.74. The van der Waals surface area contributed by atoms with Crippen LogP contribution < -0.4 is 0 Å². The molecule has 0 aromatic heterocycles. The van der Waals surface area contributed by atoms with Crippen molar-refractivity contribution in [1.29, 1.82) is 0 Å². The summed E-state index contributed by atoms with van der Waals surface area (Å²) < 4.78 is 13.7. The molecule has 0 bridgehead atoms. The maximum absolute atomic E-state index is 13.7.